The van der Waals surface area contributed by atoms with Crippen molar-refractivity contribution < 1.29 is 9.90 Å². The maximum absolute atomic E-state index is 11.1. The molecule has 0 amide bonds. The van der Waals surface area contributed by atoms with Crippen molar-refractivity contribution in [2.75, 3.05) is 5.32 Å². The van der Waals surface area contributed by atoms with Crippen LogP contribution in [-0.2, 0) is 6.54 Å². The van der Waals surface area contributed by atoms with Gasteiger partial charge < -0.3 is 10.4 Å². The van der Waals surface area contributed by atoms with Crippen molar-refractivity contribution in [2.45, 2.75) is 13.5 Å². The average Bonchev–Trinajstić information content (AvgIpc) is 2.78. The number of nitrogens with one attached hydrogen (secondary N) is 1. The number of aryl methyl sites for hydroxylation is 1. The molecule has 2 N–H and O–H groups in total. The number of pyridine rings is 1. The number of carboxylic acids is 1. The zero-order valence-electron chi connectivity index (χ0n) is 9.30. The van der Waals surface area contributed by atoms with Crippen molar-refractivity contribution in [3.63, 3.8) is 0 Å². The zero-order valence-corrected chi connectivity index (χ0v) is 10.1. The van der Waals surface area contributed by atoms with Gasteiger partial charge in [0.15, 0.2) is 0 Å². The van der Waals surface area contributed by atoms with E-state index in [1.165, 1.54) is 0 Å². The number of hydrogen-bond acceptors (Lipinski definition) is 4. The van der Waals surface area contributed by atoms with Gasteiger partial charge >= 0.3 is 5.97 Å². The number of carboxylic acid groups (broad SMARTS) is 1. The van der Waals surface area contributed by atoms with Crippen LogP contribution in [0.2, 0.25) is 0 Å². The topological polar surface area (TPSA) is 62.2 Å². The second-order valence-corrected chi connectivity index (χ2v) is 4.42. The number of aromatic carboxylic acids is 1. The molecule has 0 aliphatic heterocycles. The fourth-order valence-corrected chi connectivity index (χ4v) is 2.21. The maximum atomic E-state index is 11.1. The van der Waals surface area contributed by atoms with E-state index in [9.17, 15) is 4.79 Å². The van der Waals surface area contributed by atoms with Crippen molar-refractivity contribution in [1.29, 1.82) is 0 Å². The molecule has 0 aliphatic carbocycles. The SMILES string of the molecule is Cc1ccnc(NCc2ccsc2)c1C(=O)O. The lowest BCUT2D eigenvalue weighted by Gasteiger charge is -2.09. The molecule has 0 aromatic carbocycles. The van der Waals surface area contributed by atoms with Gasteiger partial charge in [-0.05, 0) is 40.9 Å². The molecule has 4 nitrogen and oxygen atoms in total. The van der Waals surface area contributed by atoms with Crippen molar-refractivity contribution in [3.05, 3.63) is 45.8 Å². The zero-order chi connectivity index (χ0) is 12.3. The molecule has 17 heavy (non-hydrogen) atoms. The highest BCUT2D eigenvalue weighted by Crippen LogP contribution is 2.17. The van der Waals surface area contributed by atoms with Crippen molar-refractivity contribution in [1.82, 2.24) is 4.98 Å². The second-order valence-electron chi connectivity index (χ2n) is 3.64. The molecular weight excluding hydrogens is 236 g/mol. The summed E-state index contributed by atoms with van der Waals surface area (Å²) < 4.78 is 0. The molecule has 2 rings (SSSR count). The Labute approximate surface area is 103 Å². The molecule has 5 heteroatoms. The van der Waals surface area contributed by atoms with Crippen molar-refractivity contribution >= 4 is 23.1 Å². The Morgan fingerprint density at radius 1 is 1.53 bits per heavy atom. The Morgan fingerprint density at radius 3 is 3.00 bits per heavy atom. The molecule has 88 valence electrons. The summed E-state index contributed by atoms with van der Waals surface area (Å²) in [4.78, 5) is 15.2. The summed E-state index contributed by atoms with van der Waals surface area (Å²) in [6.07, 6.45) is 1.61. The summed E-state index contributed by atoms with van der Waals surface area (Å²) in [6.45, 7) is 2.35. The predicted octanol–water partition coefficient (Wildman–Crippen LogP) is 2.76. The summed E-state index contributed by atoms with van der Waals surface area (Å²) >= 11 is 1.61. The van der Waals surface area contributed by atoms with Gasteiger partial charge in [-0.2, -0.15) is 11.3 Å². The van der Waals surface area contributed by atoms with E-state index in [4.69, 9.17) is 5.11 Å². The van der Waals surface area contributed by atoms with Crippen LogP contribution in [0.15, 0.2) is 29.1 Å². The maximum Gasteiger partial charge on any atom is 0.339 e. The van der Waals surface area contributed by atoms with Crippen LogP contribution in [0.25, 0.3) is 0 Å². The molecule has 0 radical (unpaired) electrons. The number of hydrogen-bond donors (Lipinski definition) is 2. The standard InChI is InChI=1S/C12H12N2O2S/c1-8-2-4-13-11(10(8)12(15)16)14-6-9-3-5-17-7-9/h2-5,7H,6H2,1H3,(H,13,14)(H,15,16). The van der Waals surface area contributed by atoms with E-state index in [0.29, 0.717) is 17.9 Å². The number of carbonyl (C=O) groups is 1. The summed E-state index contributed by atoms with van der Waals surface area (Å²) in [5.41, 5.74) is 2.07. The predicted molar refractivity (Wildman–Crippen MR) is 67.6 cm³/mol. The number of aromatic nitrogens is 1. The summed E-state index contributed by atoms with van der Waals surface area (Å²) in [5.74, 6) is -0.535. The Kier molecular flexibility index (Phi) is 3.39. The molecule has 0 bridgehead atoms. The summed E-state index contributed by atoms with van der Waals surface area (Å²) in [6, 6.07) is 3.69. The number of rotatable bonds is 4. The number of thiophene rings is 1. The van der Waals surface area contributed by atoms with Gasteiger partial charge in [0.05, 0.1) is 0 Å². The van der Waals surface area contributed by atoms with E-state index in [1.54, 1.807) is 30.5 Å². The van der Waals surface area contributed by atoms with E-state index in [0.717, 1.165) is 5.56 Å². The van der Waals surface area contributed by atoms with Crippen LogP contribution in [0, 0.1) is 6.92 Å². The molecule has 0 fully saturated rings. The van der Waals surface area contributed by atoms with E-state index in [1.807, 2.05) is 16.8 Å². The van der Waals surface area contributed by atoms with Gasteiger partial charge in [0.1, 0.15) is 11.4 Å². The molecular formula is C12H12N2O2S. The second kappa shape index (κ2) is 4.97. The Hall–Kier alpha value is -1.88. The van der Waals surface area contributed by atoms with Gasteiger partial charge in [-0.3, -0.25) is 0 Å². The smallest absolute Gasteiger partial charge is 0.339 e. The van der Waals surface area contributed by atoms with Crippen LogP contribution < -0.4 is 5.32 Å². The minimum absolute atomic E-state index is 0.239. The minimum Gasteiger partial charge on any atom is -0.478 e. The monoisotopic (exact) mass is 248 g/mol. The normalized spacial score (nSPS) is 10.2. The van der Waals surface area contributed by atoms with Crippen molar-refractivity contribution in [3.8, 4) is 0 Å². The molecule has 0 saturated heterocycles. The van der Waals surface area contributed by atoms with Crippen LogP contribution in [0.1, 0.15) is 21.5 Å². The van der Waals surface area contributed by atoms with Gasteiger partial charge in [0, 0.05) is 12.7 Å². The highest BCUT2D eigenvalue weighted by atomic mass is 32.1. The highest BCUT2D eigenvalue weighted by molar-refractivity contribution is 7.07. The lowest BCUT2D eigenvalue weighted by Crippen LogP contribution is -2.09. The van der Waals surface area contributed by atoms with E-state index < -0.39 is 5.97 Å². The molecule has 0 saturated carbocycles. The number of nitrogens with zero attached hydrogens (tertiary/aromatic N) is 1. The fourth-order valence-electron chi connectivity index (χ4n) is 1.54. The molecule has 0 aliphatic rings. The number of anilines is 1. The van der Waals surface area contributed by atoms with Crippen LogP contribution in [0.5, 0.6) is 0 Å². The van der Waals surface area contributed by atoms with E-state index in [-0.39, 0.29) is 5.56 Å². The van der Waals surface area contributed by atoms with Gasteiger partial charge in [-0.15, -0.1) is 0 Å². The fraction of sp³-hybridized carbons (Fsp3) is 0.167. The summed E-state index contributed by atoms with van der Waals surface area (Å²) in [5, 5.41) is 16.2. The third-order valence-corrected chi connectivity index (χ3v) is 3.15. The molecule has 2 aromatic rings. The lowest BCUT2D eigenvalue weighted by molar-refractivity contribution is 0.0697. The first-order valence-corrected chi connectivity index (χ1v) is 6.06. The third-order valence-electron chi connectivity index (χ3n) is 2.41. The van der Waals surface area contributed by atoms with Crippen LogP contribution >= 0.6 is 11.3 Å². The quantitative estimate of drug-likeness (QED) is 0.873. The Bertz CT molecular complexity index is 523. The highest BCUT2D eigenvalue weighted by Gasteiger charge is 2.13. The first-order valence-electron chi connectivity index (χ1n) is 5.12. The molecule has 2 heterocycles. The average molecular weight is 248 g/mol. The first-order chi connectivity index (χ1) is 8.18. The minimum atomic E-state index is -0.955. The van der Waals surface area contributed by atoms with Gasteiger partial charge in [0.2, 0.25) is 0 Å². The van der Waals surface area contributed by atoms with Crippen LogP contribution in [-0.4, -0.2) is 16.1 Å². The lowest BCUT2D eigenvalue weighted by atomic mass is 10.1. The molecule has 0 atom stereocenters. The largest absolute Gasteiger partial charge is 0.478 e. The Morgan fingerprint density at radius 2 is 2.35 bits per heavy atom. The van der Waals surface area contributed by atoms with E-state index in [2.05, 4.69) is 10.3 Å². The van der Waals surface area contributed by atoms with Gasteiger partial charge in [-0.25, -0.2) is 9.78 Å². The summed E-state index contributed by atoms with van der Waals surface area (Å²) in [7, 11) is 0. The van der Waals surface area contributed by atoms with Gasteiger partial charge in [-0.1, -0.05) is 0 Å². The van der Waals surface area contributed by atoms with Crippen molar-refractivity contribution in [2.24, 2.45) is 0 Å². The van der Waals surface area contributed by atoms with Crippen LogP contribution in [0.3, 0.4) is 0 Å². The van der Waals surface area contributed by atoms with E-state index >= 15 is 0 Å². The van der Waals surface area contributed by atoms with Crippen LogP contribution in [0.4, 0.5) is 5.82 Å². The molecule has 0 spiro atoms. The third kappa shape index (κ3) is 2.62. The molecule has 2 aromatic heterocycles. The van der Waals surface area contributed by atoms with Gasteiger partial charge in [0.25, 0.3) is 0 Å². The first kappa shape index (κ1) is 11.6. The Balaban J connectivity index is 2.21. The molecule has 0 unspecified atom stereocenters.